The van der Waals surface area contributed by atoms with E-state index in [0.717, 1.165) is 55.4 Å². The lowest BCUT2D eigenvalue weighted by atomic mass is 9.96. The van der Waals surface area contributed by atoms with Gasteiger partial charge in [-0.1, -0.05) is 18.2 Å². The first-order chi connectivity index (χ1) is 13.7. The Morgan fingerprint density at radius 1 is 1.17 bits per heavy atom. The quantitative estimate of drug-likeness (QED) is 0.353. The number of nitrogens with one attached hydrogen (secondary N) is 2. The zero-order valence-electron chi connectivity index (χ0n) is 16.8. The number of hydrogen-bond acceptors (Lipinski definition) is 3. The van der Waals surface area contributed by atoms with Crippen molar-refractivity contribution in [3.8, 4) is 0 Å². The average Bonchev–Trinajstić information content (AvgIpc) is 3.32. The molecule has 0 spiro atoms. The largest absolute Gasteiger partial charge is 0.357 e. The Morgan fingerprint density at radius 2 is 1.97 bits per heavy atom. The van der Waals surface area contributed by atoms with Crippen LogP contribution in [0.4, 0.5) is 10.2 Å². The Kier molecular flexibility index (Phi) is 7.32. The summed E-state index contributed by atoms with van der Waals surface area (Å²) in [7, 11) is 1.77. The van der Waals surface area contributed by atoms with E-state index < -0.39 is 0 Å². The lowest BCUT2D eigenvalue weighted by Crippen LogP contribution is -2.40. The molecule has 5 nitrogen and oxygen atoms in total. The van der Waals surface area contributed by atoms with Crippen LogP contribution in [0.15, 0.2) is 47.6 Å². The molecule has 2 aromatic rings. The van der Waals surface area contributed by atoms with Gasteiger partial charge >= 0.3 is 0 Å². The standard InChI is InChI=1S/C22H28FN5.HI/c1-24-21(27-16-22(9-10-22)18-5-4-6-19(23)13-18)26-15-17-7-8-20(25-14-17)28-11-2-3-12-28;/h4-8,13-14H,2-3,9-12,15-16H2,1H3,(H2,24,26,27);1H. The van der Waals surface area contributed by atoms with Gasteiger partial charge in [0.05, 0.1) is 0 Å². The monoisotopic (exact) mass is 509 g/mol. The molecule has 2 fully saturated rings. The molecular weight excluding hydrogens is 480 g/mol. The Labute approximate surface area is 189 Å². The van der Waals surface area contributed by atoms with E-state index in [1.54, 1.807) is 19.2 Å². The fourth-order valence-electron chi connectivity index (χ4n) is 3.85. The van der Waals surface area contributed by atoms with E-state index in [9.17, 15) is 4.39 Å². The van der Waals surface area contributed by atoms with E-state index in [2.05, 4.69) is 37.6 Å². The fourth-order valence-corrected chi connectivity index (χ4v) is 3.85. The van der Waals surface area contributed by atoms with Crippen LogP contribution < -0.4 is 15.5 Å². The second-order valence-corrected chi connectivity index (χ2v) is 7.79. The second-order valence-electron chi connectivity index (χ2n) is 7.79. The molecule has 0 bridgehead atoms. The smallest absolute Gasteiger partial charge is 0.191 e. The zero-order valence-corrected chi connectivity index (χ0v) is 19.2. The van der Waals surface area contributed by atoms with Crippen LogP contribution in [0.5, 0.6) is 0 Å². The number of aromatic nitrogens is 1. The van der Waals surface area contributed by atoms with E-state index in [1.807, 2.05) is 12.3 Å². The van der Waals surface area contributed by atoms with Gasteiger partial charge < -0.3 is 15.5 Å². The van der Waals surface area contributed by atoms with Crippen molar-refractivity contribution in [1.82, 2.24) is 15.6 Å². The number of aliphatic imine (C=N–C) groups is 1. The minimum atomic E-state index is -0.170. The highest BCUT2D eigenvalue weighted by atomic mass is 127. The molecule has 1 aromatic carbocycles. The van der Waals surface area contributed by atoms with Crippen LogP contribution in [0.25, 0.3) is 0 Å². The summed E-state index contributed by atoms with van der Waals surface area (Å²) in [6.07, 6.45) is 6.59. The maximum Gasteiger partial charge on any atom is 0.191 e. The number of halogens is 2. The van der Waals surface area contributed by atoms with Crippen molar-refractivity contribution in [3.63, 3.8) is 0 Å². The molecule has 1 aliphatic heterocycles. The van der Waals surface area contributed by atoms with Gasteiger partial charge in [-0.2, -0.15) is 0 Å². The van der Waals surface area contributed by atoms with Crippen LogP contribution in [0.2, 0.25) is 0 Å². The molecule has 1 saturated carbocycles. The number of pyridine rings is 1. The molecule has 0 amide bonds. The van der Waals surface area contributed by atoms with Gasteiger partial charge in [0, 0.05) is 44.8 Å². The summed E-state index contributed by atoms with van der Waals surface area (Å²) in [5.41, 5.74) is 2.22. The highest BCUT2D eigenvalue weighted by molar-refractivity contribution is 14.0. The molecule has 1 aromatic heterocycles. The third-order valence-corrected chi connectivity index (χ3v) is 5.81. The fraction of sp³-hybridized carbons (Fsp3) is 0.455. The van der Waals surface area contributed by atoms with Crippen molar-refractivity contribution in [1.29, 1.82) is 0 Å². The maximum atomic E-state index is 13.6. The molecule has 1 saturated heterocycles. The van der Waals surface area contributed by atoms with E-state index >= 15 is 0 Å². The lowest BCUT2D eigenvalue weighted by Gasteiger charge is -2.19. The summed E-state index contributed by atoms with van der Waals surface area (Å²) in [4.78, 5) is 11.2. The van der Waals surface area contributed by atoms with Crippen LogP contribution in [0.3, 0.4) is 0 Å². The van der Waals surface area contributed by atoms with Crippen molar-refractivity contribution in [2.24, 2.45) is 4.99 Å². The number of benzene rings is 1. The molecule has 7 heteroatoms. The number of hydrogen-bond donors (Lipinski definition) is 2. The predicted octanol–water partition coefficient (Wildman–Crippen LogP) is 3.84. The summed E-state index contributed by atoms with van der Waals surface area (Å²) < 4.78 is 13.6. The summed E-state index contributed by atoms with van der Waals surface area (Å²) in [5, 5.41) is 6.75. The Balaban J connectivity index is 0.00000240. The highest BCUT2D eigenvalue weighted by Crippen LogP contribution is 2.47. The molecule has 2 N–H and O–H groups in total. The number of nitrogens with zero attached hydrogens (tertiary/aromatic N) is 3. The topological polar surface area (TPSA) is 52.6 Å². The minimum absolute atomic E-state index is 0. The van der Waals surface area contributed by atoms with Gasteiger partial charge in [0.2, 0.25) is 0 Å². The molecule has 29 heavy (non-hydrogen) atoms. The maximum absolute atomic E-state index is 13.6. The van der Waals surface area contributed by atoms with Gasteiger partial charge in [0.25, 0.3) is 0 Å². The summed E-state index contributed by atoms with van der Waals surface area (Å²) in [6, 6.07) is 11.2. The number of guanidine groups is 1. The van der Waals surface area contributed by atoms with Gasteiger partial charge in [-0.15, -0.1) is 24.0 Å². The number of anilines is 1. The normalized spacial score (nSPS) is 17.6. The molecule has 1 aliphatic carbocycles. The predicted molar refractivity (Wildman–Crippen MR) is 127 cm³/mol. The lowest BCUT2D eigenvalue weighted by molar-refractivity contribution is 0.607. The van der Waals surface area contributed by atoms with Crippen molar-refractivity contribution in [2.75, 3.05) is 31.6 Å². The average molecular weight is 509 g/mol. The molecular formula is C22H29FIN5. The Hall–Kier alpha value is -1.90. The van der Waals surface area contributed by atoms with Gasteiger partial charge in [-0.3, -0.25) is 4.99 Å². The SMILES string of the molecule is CN=C(NCc1ccc(N2CCCC2)nc1)NCC1(c2cccc(F)c2)CC1.I. The van der Waals surface area contributed by atoms with Gasteiger partial charge in [-0.05, 0) is 55.0 Å². The molecule has 4 rings (SSSR count). The third-order valence-electron chi connectivity index (χ3n) is 5.81. The highest BCUT2D eigenvalue weighted by Gasteiger charge is 2.44. The first kappa shape index (κ1) is 21.8. The summed E-state index contributed by atoms with van der Waals surface area (Å²) in [6.45, 7) is 3.63. The van der Waals surface area contributed by atoms with Crippen LogP contribution in [0.1, 0.15) is 36.8 Å². The molecule has 0 radical (unpaired) electrons. The van der Waals surface area contributed by atoms with Crippen LogP contribution in [0, 0.1) is 5.82 Å². The zero-order chi connectivity index (χ0) is 19.4. The van der Waals surface area contributed by atoms with E-state index in [1.165, 1.54) is 18.9 Å². The van der Waals surface area contributed by atoms with Crippen LogP contribution >= 0.6 is 24.0 Å². The minimum Gasteiger partial charge on any atom is -0.357 e. The molecule has 2 aliphatic rings. The van der Waals surface area contributed by atoms with Gasteiger partial charge in [0.15, 0.2) is 5.96 Å². The van der Waals surface area contributed by atoms with E-state index in [4.69, 9.17) is 0 Å². The Morgan fingerprint density at radius 3 is 2.59 bits per heavy atom. The molecule has 156 valence electrons. The number of rotatable bonds is 6. The van der Waals surface area contributed by atoms with E-state index in [0.29, 0.717) is 6.54 Å². The van der Waals surface area contributed by atoms with E-state index in [-0.39, 0.29) is 35.2 Å². The third kappa shape index (κ3) is 5.38. The second kappa shape index (κ2) is 9.73. The van der Waals surface area contributed by atoms with Crippen LogP contribution in [-0.2, 0) is 12.0 Å². The van der Waals surface area contributed by atoms with Gasteiger partial charge in [-0.25, -0.2) is 9.37 Å². The summed E-state index contributed by atoms with van der Waals surface area (Å²) in [5.74, 6) is 1.65. The molecule has 0 atom stereocenters. The van der Waals surface area contributed by atoms with Crippen molar-refractivity contribution < 1.29 is 4.39 Å². The molecule has 0 unspecified atom stereocenters. The summed E-state index contributed by atoms with van der Waals surface area (Å²) >= 11 is 0. The van der Waals surface area contributed by atoms with Crippen molar-refractivity contribution in [3.05, 3.63) is 59.5 Å². The van der Waals surface area contributed by atoms with Crippen molar-refractivity contribution in [2.45, 2.75) is 37.6 Å². The first-order valence-electron chi connectivity index (χ1n) is 10.1. The molecule has 2 heterocycles. The first-order valence-corrected chi connectivity index (χ1v) is 10.1. The Bertz CT molecular complexity index is 829. The van der Waals surface area contributed by atoms with Crippen molar-refractivity contribution >= 4 is 35.8 Å². The van der Waals surface area contributed by atoms with Gasteiger partial charge in [0.1, 0.15) is 11.6 Å². The van der Waals surface area contributed by atoms with Crippen LogP contribution in [-0.4, -0.2) is 37.6 Å².